The molecule has 0 radical (unpaired) electrons. The average Bonchev–Trinajstić information content (AvgIpc) is 3.17. The van der Waals surface area contributed by atoms with Gasteiger partial charge in [0.1, 0.15) is 5.75 Å². The first-order chi connectivity index (χ1) is 15.6. The molecule has 6 nitrogen and oxygen atoms in total. The molecule has 0 bridgehead atoms. The molecule has 32 heavy (non-hydrogen) atoms. The fraction of sp³-hybridized carbons (Fsp3) is 0.160. The summed E-state index contributed by atoms with van der Waals surface area (Å²) in [6.45, 7) is 2.63. The number of terminal acetylenes is 1. The van der Waals surface area contributed by atoms with E-state index >= 15 is 0 Å². The van der Waals surface area contributed by atoms with Crippen LogP contribution in [0.15, 0.2) is 64.6 Å². The molecule has 0 fully saturated rings. The maximum atomic E-state index is 12.4. The predicted molar refractivity (Wildman–Crippen MR) is 128 cm³/mol. The summed E-state index contributed by atoms with van der Waals surface area (Å²) in [7, 11) is 0. The summed E-state index contributed by atoms with van der Waals surface area (Å²) in [5.74, 6) is 2.89. The van der Waals surface area contributed by atoms with E-state index in [0.29, 0.717) is 28.0 Å². The number of hydrogen-bond acceptors (Lipinski definition) is 6. The van der Waals surface area contributed by atoms with Crippen molar-refractivity contribution in [1.82, 2.24) is 10.3 Å². The number of rotatable bonds is 6. The fourth-order valence-corrected chi connectivity index (χ4v) is 4.11. The molecule has 1 amide bonds. The summed E-state index contributed by atoms with van der Waals surface area (Å²) in [5, 5.41) is 14.6. The molecular formula is C25H21N3O3S. The average molecular weight is 444 g/mol. The molecule has 1 aliphatic heterocycles. The first-order valence-corrected chi connectivity index (χ1v) is 10.9. The molecule has 2 N–H and O–H groups in total. The van der Waals surface area contributed by atoms with Crippen molar-refractivity contribution in [2.75, 3.05) is 13.2 Å². The Morgan fingerprint density at radius 2 is 2.09 bits per heavy atom. The van der Waals surface area contributed by atoms with Gasteiger partial charge < -0.3 is 15.2 Å². The number of amidine groups is 1. The SMILES string of the molecule is C#Cc1cnc2ccc(/C=C3\SC(NCC(O)c4ccccc4)=NC3=O)cc2c1OCC. The minimum atomic E-state index is -0.696. The van der Waals surface area contributed by atoms with Crippen LogP contribution in [-0.2, 0) is 4.79 Å². The van der Waals surface area contributed by atoms with Gasteiger partial charge in [-0.3, -0.25) is 9.78 Å². The molecular weight excluding hydrogens is 422 g/mol. The third kappa shape index (κ3) is 4.67. The Morgan fingerprint density at radius 3 is 2.84 bits per heavy atom. The van der Waals surface area contributed by atoms with Crippen LogP contribution in [0, 0.1) is 12.3 Å². The van der Waals surface area contributed by atoms with Crippen molar-refractivity contribution in [2.24, 2.45) is 4.99 Å². The van der Waals surface area contributed by atoms with Gasteiger partial charge in [-0.15, -0.1) is 6.42 Å². The topological polar surface area (TPSA) is 83.8 Å². The normalized spacial score (nSPS) is 15.5. The lowest BCUT2D eigenvalue weighted by atomic mass is 10.1. The van der Waals surface area contributed by atoms with E-state index in [1.54, 1.807) is 12.3 Å². The molecule has 160 valence electrons. The number of nitrogens with zero attached hydrogens (tertiary/aromatic N) is 2. The lowest BCUT2D eigenvalue weighted by molar-refractivity contribution is -0.113. The number of aliphatic hydroxyl groups is 1. The number of aromatic nitrogens is 1. The summed E-state index contributed by atoms with van der Waals surface area (Å²) in [6.07, 6.45) is 8.29. The van der Waals surface area contributed by atoms with Crippen molar-refractivity contribution in [2.45, 2.75) is 13.0 Å². The molecule has 2 heterocycles. The van der Waals surface area contributed by atoms with Crippen LogP contribution in [0.5, 0.6) is 5.75 Å². The van der Waals surface area contributed by atoms with Crippen LogP contribution in [0.2, 0.25) is 0 Å². The maximum absolute atomic E-state index is 12.4. The second-order valence-corrected chi connectivity index (χ2v) is 8.03. The smallest absolute Gasteiger partial charge is 0.286 e. The van der Waals surface area contributed by atoms with Crippen LogP contribution < -0.4 is 10.1 Å². The van der Waals surface area contributed by atoms with E-state index in [4.69, 9.17) is 11.2 Å². The van der Waals surface area contributed by atoms with Crippen molar-refractivity contribution in [1.29, 1.82) is 0 Å². The highest BCUT2D eigenvalue weighted by molar-refractivity contribution is 8.18. The van der Waals surface area contributed by atoms with Gasteiger partial charge in [-0.2, -0.15) is 4.99 Å². The van der Waals surface area contributed by atoms with Crippen molar-refractivity contribution < 1.29 is 14.6 Å². The third-order valence-corrected chi connectivity index (χ3v) is 5.78. The van der Waals surface area contributed by atoms with Gasteiger partial charge in [-0.1, -0.05) is 42.3 Å². The number of carbonyl (C=O) groups is 1. The van der Waals surface area contributed by atoms with Crippen molar-refractivity contribution >= 4 is 39.8 Å². The number of ether oxygens (including phenoxy) is 1. The van der Waals surface area contributed by atoms with Crippen molar-refractivity contribution in [3.05, 3.63) is 76.3 Å². The Balaban J connectivity index is 1.51. The quantitative estimate of drug-likeness (QED) is 0.444. The highest BCUT2D eigenvalue weighted by atomic mass is 32.2. The van der Waals surface area contributed by atoms with Gasteiger partial charge >= 0.3 is 0 Å². The molecule has 1 aliphatic rings. The van der Waals surface area contributed by atoms with Gasteiger partial charge in [0.25, 0.3) is 5.91 Å². The van der Waals surface area contributed by atoms with Crippen LogP contribution in [0.25, 0.3) is 17.0 Å². The Bertz CT molecular complexity index is 1260. The summed E-state index contributed by atoms with van der Waals surface area (Å²) < 4.78 is 5.76. The van der Waals surface area contributed by atoms with E-state index in [1.165, 1.54) is 11.8 Å². The highest BCUT2D eigenvalue weighted by Crippen LogP contribution is 2.32. The number of aliphatic imine (C=N–C) groups is 1. The zero-order valence-electron chi connectivity index (χ0n) is 17.4. The lowest BCUT2D eigenvalue weighted by Gasteiger charge is -2.12. The molecule has 0 saturated carbocycles. The van der Waals surface area contributed by atoms with Crippen LogP contribution in [-0.4, -0.2) is 34.3 Å². The van der Waals surface area contributed by atoms with Crippen molar-refractivity contribution in [3.63, 3.8) is 0 Å². The number of carbonyl (C=O) groups excluding carboxylic acids is 1. The van der Waals surface area contributed by atoms with Gasteiger partial charge in [0.2, 0.25) is 0 Å². The van der Waals surface area contributed by atoms with Gasteiger partial charge in [0.05, 0.1) is 28.7 Å². The number of amides is 1. The van der Waals surface area contributed by atoms with Crippen LogP contribution >= 0.6 is 11.8 Å². The maximum Gasteiger partial charge on any atom is 0.286 e. The fourth-order valence-electron chi connectivity index (χ4n) is 3.29. The first-order valence-electron chi connectivity index (χ1n) is 10.1. The number of nitrogens with one attached hydrogen (secondary N) is 1. The largest absolute Gasteiger partial charge is 0.492 e. The molecule has 0 saturated heterocycles. The van der Waals surface area contributed by atoms with Gasteiger partial charge in [0.15, 0.2) is 5.17 Å². The molecule has 4 rings (SSSR count). The molecule has 1 aromatic heterocycles. The van der Waals surface area contributed by atoms with Gasteiger partial charge in [-0.25, -0.2) is 0 Å². The molecule has 0 spiro atoms. The van der Waals surface area contributed by atoms with E-state index < -0.39 is 6.10 Å². The lowest BCUT2D eigenvalue weighted by Crippen LogP contribution is -2.25. The summed E-state index contributed by atoms with van der Waals surface area (Å²) >= 11 is 1.24. The summed E-state index contributed by atoms with van der Waals surface area (Å²) in [6, 6.07) is 15.0. The number of pyridine rings is 1. The van der Waals surface area contributed by atoms with E-state index in [0.717, 1.165) is 22.0 Å². The van der Waals surface area contributed by atoms with E-state index in [1.807, 2.05) is 55.5 Å². The number of benzene rings is 2. The molecule has 2 aromatic carbocycles. The summed E-state index contributed by atoms with van der Waals surface area (Å²) in [4.78, 5) is 21.3. The monoisotopic (exact) mass is 443 g/mol. The number of fused-ring (bicyclic) bond motifs is 1. The van der Waals surface area contributed by atoms with Gasteiger partial charge in [-0.05, 0) is 48.0 Å². The molecule has 3 aromatic rings. The van der Waals surface area contributed by atoms with Crippen LogP contribution in [0.1, 0.15) is 29.7 Å². The zero-order valence-corrected chi connectivity index (χ0v) is 18.2. The minimum absolute atomic E-state index is 0.255. The van der Waals surface area contributed by atoms with E-state index in [-0.39, 0.29) is 12.5 Å². The second kappa shape index (κ2) is 9.69. The van der Waals surface area contributed by atoms with E-state index in [2.05, 4.69) is 21.2 Å². The number of thioether (sulfide) groups is 1. The number of hydrogen-bond donors (Lipinski definition) is 2. The zero-order chi connectivity index (χ0) is 22.5. The van der Waals surface area contributed by atoms with Gasteiger partial charge in [0, 0.05) is 18.1 Å². The minimum Gasteiger partial charge on any atom is -0.492 e. The molecule has 7 heteroatoms. The highest BCUT2D eigenvalue weighted by Gasteiger charge is 2.22. The molecule has 1 atom stereocenters. The molecule has 0 aliphatic carbocycles. The predicted octanol–water partition coefficient (Wildman–Crippen LogP) is 3.91. The number of aliphatic hydroxyl groups excluding tert-OH is 1. The van der Waals surface area contributed by atoms with Crippen LogP contribution in [0.4, 0.5) is 0 Å². The van der Waals surface area contributed by atoms with E-state index in [9.17, 15) is 9.90 Å². The Kier molecular flexibility index (Phi) is 6.55. The standard InChI is InChI=1S/C25H21N3O3S/c1-3-17-14-26-20-11-10-16(12-19(20)23(17)31-4-2)13-22-24(30)28-25(32-22)27-15-21(29)18-8-6-5-7-9-18/h1,5-14,21,29H,4,15H2,2H3,(H,27,28,30)/b22-13-. The van der Waals surface area contributed by atoms with Crippen molar-refractivity contribution in [3.8, 4) is 18.1 Å². The Hall–Kier alpha value is -3.60. The Morgan fingerprint density at radius 1 is 1.28 bits per heavy atom. The first kappa shape index (κ1) is 21.6. The molecule has 1 unspecified atom stereocenters. The van der Waals surface area contributed by atoms with Crippen LogP contribution in [0.3, 0.4) is 0 Å². The second-order valence-electron chi connectivity index (χ2n) is 7.00. The Labute approximate surface area is 190 Å². The summed E-state index contributed by atoms with van der Waals surface area (Å²) in [5.41, 5.74) is 2.95. The third-order valence-electron chi connectivity index (χ3n) is 4.84.